The number of hydrogen-bond donors (Lipinski definition) is 2. The zero-order valence-electron chi connectivity index (χ0n) is 10.8. The van der Waals surface area contributed by atoms with Crippen LogP contribution in [-0.4, -0.2) is 23.2 Å². The van der Waals surface area contributed by atoms with Gasteiger partial charge < -0.3 is 5.11 Å². The van der Waals surface area contributed by atoms with Crippen LogP contribution >= 0.6 is 15.9 Å². The van der Waals surface area contributed by atoms with Crippen molar-refractivity contribution in [2.75, 3.05) is 0 Å². The van der Waals surface area contributed by atoms with E-state index in [9.17, 15) is 9.59 Å². The maximum Gasteiger partial charge on any atom is 0.336 e. The first-order valence-corrected chi connectivity index (χ1v) is 6.78. The Hall–Kier alpha value is -2.47. The number of aromatic carboxylic acids is 1. The van der Waals surface area contributed by atoms with Gasteiger partial charge in [0, 0.05) is 15.6 Å². The molecule has 2 aromatic rings. The molecule has 0 atom stereocenters. The summed E-state index contributed by atoms with van der Waals surface area (Å²) in [5.41, 5.74) is 3.35. The van der Waals surface area contributed by atoms with Crippen molar-refractivity contribution in [1.29, 1.82) is 0 Å². The van der Waals surface area contributed by atoms with E-state index in [0.717, 1.165) is 4.47 Å². The van der Waals surface area contributed by atoms with Crippen molar-refractivity contribution >= 4 is 34.0 Å². The lowest BCUT2D eigenvalue weighted by Crippen LogP contribution is -2.17. The van der Waals surface area contributed by atoms with Crippen molar-refractivity contribution in [3.05, 3.63) is 69.7 Å². The van der Waals surface area contributed by atoms with E-state index >= 15 is 0 Å². The molecular formula is C15H11BrN2O3. The number of nitrogens with one attached hydrogen (secondary N) is 1. The van der Waals surface area contributed by atoms with Crippen LogP contribution in [0.15, 0.2) is 58.1 Å². The number of carbonyl (C=O) groups is 2. The van der Waals surface area contributed by atoms with Crippen molar-refractivity contribution in [3.63, 3.8) is 0 Å². The van der Waals surface area contributed by atoms with Crippen molar-refractivity contribution in [3.8, 4) is 0 Å². The van der Waals surface area contributed by atoms with E-state index in [1.54, 1.807) is 36.4 Å². The minimum atomic E-state index is -1.05. The molecule has 0 radical (unpaired) electrons. The van der Waals surface area contributed by atoms with Gasteiger partial charge >= 0.3 is 5.97 Å². The fourth-order valence-corrected chi connectivity index (χ4v) is 2.06. The van der Waals surface area contributed by atoms with Crippen molar-refractivity contribution in [2.24, 2.45) is 5.10 Å². The summed E-state index contributed by atoms with van der Waals surface area (Å²) in [5.74, 6) is -1.42. The molecule has 0 aliphatic carbocycles. The van der Waals surface area contributed by atoms with Crippen LogP contribution in [0, 0.1) is 0 Å². The molecular weight excluding hydrogens is 336 g/mol. The van der Waals surface area contributed by atoms with Gasteiger partial charge in [-0.05, 0) is 24.3 Å². The molecule has 0 fully saturated rings. The van der Waals surface area contributed by atoms with Crippen LogP contribution in [0.1, 0.15) is 26.3 Å². The summed E-state index contributed by atoms with van der Waals surface area (Å²) in [4.78, 5) is 22.9. The maximum absolute atomic E-state index is 11.8. The molecule has 21 heavy (non-hydrogen) atoms. The van der Waals surface area contributed by atoms with Crippen molar-refractivity contribution in [2.45, 2.75) is 0 Å². The Balaban J connectivity index is 2.09. The maximum atomic E-state index is 11.8. The quantitative estimate of drug-likeness (QED) is 0.659. The standard InChI is InChI=1S/C15H11BrN2O3/c16-12-6-3-5-10(8-12)14(19)18-17-9-11-4-1-2-7-13(11)15(20)21/h1-9H,(H,18,19)(H,20,21)/b17-9+. The first-order chi connectivity index (χ1) is 10.1. The lowest BCUT2D eigenvalue weighted by molar-refractivity contribution is 0.0696. The molecule has 0 heterocycles. The number of benzene rings is 2. The van der Waals surface area contributed by atoms with Crippen molar-refractivity contribution in [1.82, 2.24) is 5.43 Å². The predicted octanol–water partition coefficient (Wildman–Crippen LogP) is 2.91. The van der Waals surface area contributed by atoms with E-state index in [-0.39, 0.29) is 11.5 Å². The van der Waals surface area contributed by atoms with Gasteiger partial charge in [0.05, 0.1) is 11.8 Å². The Morgan fingerprint density at radius 1 is 1.14 bits per heavy atom. The van der Waals surface area contributed by atoms with Crippen molar-refractivity contribution < 1.29 is 14.7 Å². The molecule has 6 heteroatoms. The number of rotatable bonds is 4. The van der Waals surface area contributed by atoms with Gasteiger partial charge in [-0.3, -0.25) is 4.79 Å². The molecule has 0 unspecified atom stereocenters. The van der Waals surface area contributed by atoms with Crippen LogP contribution in [0.2, 0.25) is 0 Å². The molecule has 0 aliphatic rings. The summed E-state index contributed by atoms with van der Waals surface area (Å²) in [7, 11) is 0. The average Bonchev–Trinajstić information content (AvgIpc) is 2.47. The highest BCUT2D eigenvalue weighted by Crippen LogP contribution is 2.11. The Morgan fingerprint density at radius 3 is 2.62 bits per heavy atom. The summed E-state index contributed by atoms with van der Waals surface area (Å²) >= 11 is 3.28. The number of hydrogen-bond acceptors (Lipinski definition) is 3. The number of hydrazone groups is 1. The van der Waals surface area contributed by atoms with E-state index in [1.165, 1.54) is 12.3 Å². The van der Waals surface area contributed by atoms with Gasteiger partial charge in [-0.2, -0.15) is 5.10 Å². The van der Waals surface area contributed by atoms with E-state index in [0.29, 0.717) is 11.1 Å². The molecule has 106 valence electrons. The number of amides is 1. The van der Waals surface area contributed by atoms with Crippen LogP contribution in [0.5, 0.6) is 0 Å². The van der Waals surface area contributed by atoms with Gasteiger partial charge in [-0.15, -0.1) is 0 Å². The number of halogens is 1. The smallest absolute Gasteiger partial charge is 0.336 e. The normalized spacial score (nSPS) is 10.5. The van der Waals surface area contributed by atoms with Gasteiger partial charge in [-0.25, -0.2) is 10.2 Å². The minimum Gasteiger partial charge on any atom is -0.478 e. The van der Waals surface area contributed by atoms with E-state index in [4.69, 9.17) is 5.11 Å². The van der Waals surface area contributed by atoms with E-state index < -0.39 is 5.97 Å². The largest absolute Gasteiger partial charge is 0.478 e. The SMILES string of the molecule is O=C(N/N=C/c1ccccc1C(=O)O)c1cccc(Br)c1. The Bertz CT molecular complexity index is 714. The van der Waals surface area contributed by atoms with Gasteiger partial charge in [-0.1, -0.05) is 40.2 Å². The Labute approximate surface area is 129 Å². The van der Waals surface area contributed by atoms with Crippen LogP contribution in [-0.2, 0) is 0 Å². The van der Waals surface area contributed by atoms with Gasteiger partial charge in [0.1, 0.15) is 0 Å². The number of carbonyl (C=O) groups excluding carboxylic acids is 1. The first kappa shape index (κ1) is 14.9. The number of carboxylic acids is 1. The molecule has 1 amide bonds. The molecule has 5 nitrogen and oxygen atoms in total. The van der Waals surface area contributed by atoms with Crippen LogP contribution in [0.3, 0.4) is 0 Å². The molecule has 0 aromatic heterocycles. The summed E-state index contributed by atoms with van der Waals surface area (Å²) in [5, 5.41) is 12.8. The highest BCUT2D eigenvalue weighted by molar-refractivity contribution is 9.10. The highest BCUT2D eigenvalue weighted by Gasteiger charge is 2.07. The topological polar surface area (TPSA) is 78.8 Å². The van der Waals surface area contributed by atoms with Gasteiger partial charge in [0.25, 0.3) is 5.91 Å². The second-order valence-corrected chi connectivity index (χ2v) is 5.02. The van der Waals surface area contributed by atoms with Crippen LogP contribution in [0.4, 0.5) is 0 Å². The second kappa shape index (κ2) is 6.81. The fourth-order valence-electron chi connectivity index (χ4n) is 1.66. The summed E-state index contributed by atoms with van der Waals surface area (Å²) in [6.07, 6.45) is 1.30. The zero-order valence-corrected chi connectivity index (χ0v) is 12.4. The Morgan fingerprint density at radius 2 is 1.90 bits per heavy atom. The third-order valence-corrected chi connectivity index (χ3v) is 3.14. The predicted molar refractivity (Wildman–Crippen MR) is 82.6 cm³/mol. The molecule has 0 saturated heterocycles. The zero-order chi connectivity index (χ0) is 15.2. The lowest BCUT2D eigenvalue weighted by Gasteiger charge is -2.01. The molecule has 2 N–H and O–H groups in total. The molecule has 2 aromatic carbocycles. The third-order valence-electron chi connectivity index (χ3n) is 2.65. The van der Waals surface area contributed by atoms with E-state index in [1.807, 2.05) is 6.07 Å². The van der Waals surface area contributed by atoms with Gasteiger partial charge in [0.15, 0.2) is 0 Å². The Kier molecular flexibility index (Phi) is 4.84. The fraction of sp³-hybridized carbons (Fsp3) is 0. The lowest BCUT2D eigenvalue weighted by atomic mass is 10.1. The van der Waals surface area contributed by atoms with E-state index in [2.05, 4.69) is 26.5 Å². The summed E-state index contributed by atoms with van der Waals surface area (Å²) < 4.78 is 0.787. The van der Waals surface area contributed by atoms with Crippen LogP contribution < -0.4 is 5.43 Å². The van der Waals surface area contributed by atoms with Gasteiger partial charge in [0.2, 0.25) is 0 Å². The first-order valence-electron chi connectivity index (χ1n) is 5.99. The molecule has 0 aliphatic heterocycles. The molecule has 0 bridgehead atoms. The summed E-state index contributed by atoms with van der Waals surface area (Å²) in [6, 6.07) is 13.3. The number of nitrogens with zero attached hydrogens (tertiary/aromatic N) is 1. The minimum absolute atomic E-state index is 0.123. The molecule has 0 saturated carbocycles. The number of carboxylic acid groups (broad SMARTS) is 1. The molecule has 0 spiro atoms. The monoisotopic (exact) mass is 346 g/mol. The highest BCUT2D eigenvalue weighted by atomic mass is 79.9. The second-order valence-electron chi connectivity index (χ2n) is 4.10. The summed E-state index contributed by atoms with van der Waals surface area (Å²) in [6.45, 7) is 0. The third kappa shape index (κ3) is 4.00. The molecule has 2 rings (SSSR count). The van der Waals surface area contributed by atoms with Crippen LogP contribution in [0.25, 0.3) is 0 Å². The average molecular weight is 347 g/mol.